The standard InChI is InChI=1S/C17H28N8S/c1-4-15-21-17(26-22-15)24-10-8-23(9-11-24)16(18-3)19-12-14(2)13-25-7-5-6-20-25/h5-7,14H,4,8-13H2,1-3H3,(H,18,19). The van der Waals surface area contributed by atoms with Crippen molar-refractivity contribution < 1.29 is 0 Å². The summed E-state index contributed by atoms with van der Waals surface area (Å²) in [5.74, 6) is 2.39. The second kappa shape index (κ2) is 8.98. The molecule has 1 saturated heterocycles. The van der Waals surface area contributed by atoms with E-state index in [4.69, 9.17) is 0 Å². The van der Waals surface area contributed by atoms with Crippen molar-refractivity contribution >= 4 is 22.6 Å². The van der Waals surface area contributed by atoms with Gasteiger partial charge in [-0.05, 0) is 12.0 Å². The van der Waals surface area contributed by atoms with Crippen molar-refractivity contribution in [3.63, 3.8) is 0 Å². The monoisotopic (exact) mass is 376 g/mol. The number of aryl methyl sites for hydroxylation is 1. The lowest BCUT2D eigenvalue weighted by atomic mass is 10.2. The molecule has 0 radical (unpaired) electrons. The molecule has 0 aromatic carbocycles. The Bertz CT molecular complexity index is 687. The third-order valence-corrected chi connectivity index (χ3v) is 5.32. The minimum absolute atomic E-state index is 0.474. The smallest absolute Gasteiger partial charge is 0.205 e. The normalized spacial score (nSPS) is 16.8. The molecule has 1 aliphatic heterocycles. The van der Waals surface area contributed by atoms with Gasteiger partial charge in [0.05, 0.1) is 0 Å². The zero-order valence-corrected chi connectivity index (χ0v) is 16.6. The molecule has 142 valence electrons. The van der Waals surface area contributed by atoms with Gasteiger partial charge in [0.15, 0.2) is 5.96 Å². The summed E-state index contributed by atoms with van der Waals surface area (Å²) >= 11 is 1.50. The van der Waals surface area contributed by atoms with Crippen molar-refractivity contribution in [1.29, 1.82) is 0 Å². The van der Waals surface area contributed by atoms with Gasteiger partial charge >= 0.3 is 0 Å². The lowest BCUT2D eigenvalue weighted by Crippen LogP contribution is -2.53. The molecule has 26 heavy (non-hydrogen) atoms. The van der Waals surface area contributed by atoms with Crippen molar-refractivity contribution in [1.82, 2.24) is 29.4 Å². The average Bonchev–Trinajstić information content (AvgIpc) is 3.34. The van der Waals surface area contributed by atoms with E-state index in [1.807, 2.05) is 30.2 Å². The zero-order valence-electron chi connectivity index (χ0n) is 15.8. The number of anilines is 1. The highest BCUT2D eigenvalue weighted by molar-refractivity contribution is 7.09. The molecule has 0 amide bonds. The molecule has 0 saturated carbocycles. The highest BCUT2D eigenvalue weighted by Crippen LogP contribution is 2.19. The number of nitrogens with one attached hydrogen (secondary N) is 1. The first-order valence-corrected chi connectivity index (χ1v) is 9.97. The Balaban J connectivity index is 1.46. The Hall–Kier alpha value is -2.16. The maximum atomic E-state index is 4.60. The number of aromatic nitrogens is 4. The number of aliphatic imine (C=N–C) groups is 1. The number of nitrogens with zero attached hydrogens (tertiary/aromatic N) is 7. The van der Waals surface area contributed by atoms with Crippen LogP contribution >= 0.6 is 11.5 Å². The first-order valence-electron chi connectivity index (χ1n) is 9.20. The summed E-state index contributed by atoms with van der Waals surface area (Å²) in [6, 6.07) is 1.96. The van der Waals surface area contributed by atoms with E-state index in [1.54, 1.807) is 0 Å². The van der Waals surface area contributed by atoms with Crippen LogP contribution in [-0.4, -0.2) is 69.8 Å². The minimum Gasteiger partial charge on any atom is -0.356 e. The summed E-state index contributed by atoms with van der Waals surface area (Å²) in [6.45, 7) is 9.87. The number of hydrogen-bond donors (Lipinski definition) is 1. The van der Waals surface area contributed by atoms with Gasteiger partial charge in [0.25, 0.3) is 0 Å². The van der Waals surface area contributed by atoms with Gasteiger partial charge in [0.1, 0.15) is 5.82 Å². The maximum absolute atomic E-state index is 4.60. The SMILES string of the molecule is CCc1nsc(N2CCN(C(=NC)NCC(C)Cn3cccn3)CC2)n1. The van der Waals surface area contributed by atoms with Crippen molar-refractivity contribution in [3.05, 3.63) is 24.3 Å². The van der Waals surface area contributed by atoms with Gasteiger partial charge in [-0.2, -0.15) is 9.47 Å². The molecule has 8 nitrogen and oxygen atoms in total. The summed E-state index contributed by atoms with van der Waals surface area (Å²) in [6.07, 6.45) is 4.71. The number of guanidine groups is 1. The van der Waals surface area contributed by atoms with E-state index < -0.39 is 0 Å². The lowest BCUT2D eigenvalue weighted by Gasteiger charge is -2.36. The van der Waals surface area contributed by atoms with Crippen molar-refractivity contribution in [3.8, 4) is 0 Å². The van der Waals surface area contributed by atoms with E-state index in [2.05, 4.69) is 48.4 Å². The second-order valence-corrected chi connectivity index (χ2v) is 7.31. The number of rotatable bonds is 6. The molecule has 3 rings (SSSR count). The van der Waals surface area contributed by atoms with Gasteiger partial charge in [-0.25, -0.2) is 4.98 Å². The van der Waals surface area contributed by atoms with E-state index in [0.717, 1.165) is 62.6 Å². The summed E-state index contributed by atoms with van der Waals surface area (Å²) < 4.78 is 6.36. The summed E-state index contributed by atoms with van der Waals surface area (Å²) in [7, 11) is 1.85. The maximum Gasteiger partial charge on any atom is 0.205 e. The Morgan fingerprint density at radius 2 is 2.15 bits per heavy atom. The van der Waals surface area contributed by atoms with Crippen molar-refractivity contribution in [2.24, 2.45) is 10.9 Å². The quantitative estimate of drug-likeness (QED) is 0.606. The van der Waals surface area contributed by atoms with Crippen LogP contribution < -0.4 is 10.2 Å². The van der Waals surface area contributed by atoms with E-state index in [-0.39, 0.29) is 0 Å². The number of piperazine rings is 1. The molecule has 9 heteroatoms. The lowest BCUT2D eigenvalue weighted by molar-refractivity contribution is 0.364. The first-order chi connectivity index (χ1) is 12.7. The van der Waals surface area contributed by atoms with Crippen molar-refractivity contribution in [2.45, 2.75) is 26.8 Å². The zero-order chi connectivity index (χ0) is 18.4. The highest BCUT2D eigenvalue weighted by atomic mass is 32.1. The predicted molar refractivity (Wildman–Crippen MR) is 106 cm³/mol. The Morgan fingerprint density at radius 3 is 2.77 bits per heavy atom. The molecule has 1 unspecified atom stereocenters. The minimum atomic E-state index is 0.474. The topological polar surface area (TPSA) is 74.5 Å². The fourth-order valence-corrected chi connectivity index (χ4v) is 3.82. The molecule has 0 bridgehead atoms. The van der Waals surface area contributed by atoms with Gasteiger partial charge in [0, 0.05) is 76.7 Å². The van der Waals surface area contributed by atoms with Crippen LogP contribution in [0.2, 0.25) is 0 Å². The Morgan fingerprint density at radius 1 is 1.35 bits per heavy atom. The van der Waals surface area contributed by atoms with E-state index >= 15 is 0 Å². The predicted octanol–water partition coefficient (Wildman–Crippen LogP) is 1.33. The van der Waals surface area contributed by atoms with Gasteiger partial charge < -0.3 is 15.1 Å². The van der Waals surface area contributed by atoms with Gasteiger partial charge in [-0.3, -0.25) is 9.67 Å². The molecule has 2 aromatic rings. The largest absolute Gasteiger partial charge is 0.356 e. The van der Waals surface area contributed by atoms with E-state index in [0.29, 0.717) is 5.92 Å². The Labute approximate surface area is 159 Å². The second-order valence-electron chi connectivity index (χ2n) is 6.58. The molecule has 0 aliphatic carbocycles. The molecule has 1 fully saturated rings. The summed E-state index contributed by atoms with van der Waals surface area (Å²) in [5.41, 5.74) is 0. The summed E-state index contributed by atoms with van der Waals surface area (Å²) in [5, 5.41) is 8.82. The first kappa shape index (κ1) is 18.6. The van der Waals surface area contributed by atoms with Crippen LogP contribution in [0.5, 0.6) is 0 Å². The molecule has 3 heterocycles. The molecule has 2 aromatic heterocycles. The molecular formula is C17H28N8S. The number of hydrogen-bond acceptors (Lipinski definition) is 6. The van der Waals surface area contributed by atoms with Crippen LogP contribution in [0.3, 0.4) is 0 Å². The highest BCUT2D eigenvalue weighted by Gasteiger charge is 2.22. The Kier molecular flexibility index (Phi) is 6.43. The van der Waals surface area contributed by atoms with Crippen LogP contribution in [-0.2, 0) is 13.0 Å². The fourth-order valence-electron chi connectivity index (χ4n) is 3.02. The molecule has 1 aliphatic rings. The van der Waals surface area contributed by atoms with E-state index in [1.165, 1.54) is 11.5 Å². The molecule has 1 N–H and O–H groups in total. The van der Waals surface area contributed by atoms with Crippen LogP contribution in [0.25, 0.3) is 0 Å². The molecule has 0 spiro atoms. The molecular weight excluding hydrogens is 348 g/mol. The van der Waals surface area contributed by atoms with Crippen LogP contribution in [0, 0.1) is 5.92 Å². The van der Waals surface area contributed by atoms with Crippen LogP contribution in [0.1, 0.15) is 19.7 Å². The van der Waals surface area contributed by atoms with Crippen LogP contribution in [0.4, 0.5) is 5.13 Å². The fraction of sp³-hybridized carbons (Fsp3) is 0.647. The average molecular weight is 377 g/mol. The van der Waals surface area contributed by atoms with Crippen LogP contribution in [0.15, 0.2) is 23.5 Å². The van der Waals surface area contributed by atoms with Gasteiger partial charge in [-0.15, -0.1) is 0 Å². The van der Waals surface area contributed by atoms with Gasteiger partial charge in [-0.1, -0.05) is 13.8 Å². The van der Waals surface area contributed by atoms with E-state index in [9.17, 15) is 0 Å². The third-order valence-electron chi connectivity index (χ3n) is 4.50. The summed E-state index contributed by atoms with van der Waals surface area (Å²) in [4.78, 5) is 13.7. The van der Waals surface area contributed by atoms with Crippen molar-refractivity contribution in [2.75, 3.05) is 44.7 Å². The third kappa shape index (κ3) is 4.72. The molecule has 1 atom stereocenters. The van der Waals surface area contributed by atoms with Gasteiger partial charge in [0.2, 0.25) is 5.13 Å².